The molecule has 82 valence electrons. The minimum absolute atomic E-state index is 0.261. The molecule has 1 aliphatic heterocycles. The number of aromatic nitrogens is 2. The fraction of sp³-hybridized carbons (Fsp3) is 0.556. The summed E-state index contributed by atoms with van der Waals surface area (Å²) in [6.45, 7) is 1.54. The third kappa shape index (κ3) is 2.34. The molecule has 0 saturated carbocycles. The number of anilines is 2. The van der Waals surface area contributed by atoms with Crippen molar-refractivity contribution in [3.63, 3.8) is 0 Å². The molecule has 6 nitrogen and oxygen atoms in total. The molecule has 1 aromatic rings. The smallest absolute Gasteiger partial charge is 0.145 e. The first-order valence-corrected chi connectivity index (χ1v) is 5.01. The Morgan fingerprint density at radius 2 is 2.40 bits per heavy atom. The van der Waals surface area contributed by atoms with Crippen molar-refractivity contribution >= 4 is 11.6 Å². The zero-order valence-corrected chi connectivity index (χ0v) is 8.43. The highest BCUT2D eigenvalue weighted by atomic mass is 16.3. The maximum absolute atomic E-state index is 9.54. The predicted molar refractivity (Wildman–Crippen MR) is 57.3 cm³/mol. The van der Waals surface area contributed by atoms with Gasteiger partial charge in [-0.25, -0.2) is 15.8 Å². The number of β-amino-alcohol motifs (C(OH)–C–C–N with tert-alkyl or cyclic N) is 1. The summed E-state index contributed by atoms with van der Waals surface area (Å²) in [5, 5.41) is 9.54. The third-order valence-corrected chi connectivity index (χ3v) is 2.52. The molecule has 0 radical (unpaired) electrons. The molecule has 1 aliphatic rings. The number of piperidine rings is 1. The summed E-state index contributed by atoms with van der Waals surface area (Å²) in [7, 11) is 0. The average molecular weight is 209 g/mol. The maximum Gasteiger partial charge on any atom is 0.145 e. The van der Waals surface area contributed by atoms with Crippen LogP contribution in [0, 0.1) is 0 Å². The molecule has 2 heterocycles. The van der Waals surface area contributed by atoms with Crippen LogP contribution in [0.3, 0.4) is 0 Å². The lowest BCUT2D eigenvalue weighted by Crippen LogP contribution is -2.38. The topological polar surface area (TPSA) is 87.3 Å². The first-order chi connectivity index (χ1) is 7.29. The first-order valence-electron chi connectivity index (χ1n) is 5.01. The van der Waals surface area contributed by atoms with E-state index in [-0.39, 0.29) is 6.10 Å². The Morgan fingerprint density at radius 1 is 1.53 bits per heavy atom. The van der Waals surface area contributed by atoms with Crippen LogP contribution in [0.15, 0.2) is 12.4 Å². The number of aliphatic hydroxyl groups is 1. The summed E-state index contributed by atoms with van der Waals surface area (Å²) in [6.07, 6.45) is 3.05. The van der Waals surface area contributed by atoms with Gasteiger partial charge in [-0.3, -0.25) is 0 Å². The molecule has 1 saturated heterocycles. The van der Waals surface area contributed by atoms with Gasteiger partial charge in [-0.05, 0) is 12.8 Å². The highest BCUT2D eigenvalue weighted by molar-refractivity contribution is 5.48. The van der Waals surface area contributed by atoms with Crippen LogP contribution in [0.5, 0.6) is 0 Å². The zero-order chi connectivity index (χ0) is 10.7. The number of aliphatic hydroxyl groups excluding tert-OH is 1. The second-order valence-electron chi connectivity index (χ2n) is 3.65. The van der Waals surface area contributed by atoms with E-state index in [1.807, 2.05) is 4.90 Å². The van der Waals surface area contributed by atoms with Gasteiger partial charge >= 0.3 is 0 Å². The Kier molecular flexibility index (Phi) is 2.98. The second-order valence-corrected chi connectivity index (χ2v) is 3.65. The van der Waals surface area contributed by atoms with Gasteiger partial charge in [0.15, 0.2) is 0 Å². The zero-order valence-electron chi connectivity index (χ0n) is 8.43. The lowest BCUT2D eigenvalue weighted by Gasteiger charge is -2.30. The van der Waals surface area contributed by atoms with Crippen molar-refractivity contribution in [1.82, 2.24) is 9.97 Å². The van der Waals surface area contributed by atoms with Gasteiger partial charge in [0.25, 0.3) is 0 Å². The summed E-state index contributed by atoms with van der Waals surface area (Å²) in [5.41, 5.74) is 2.48. The molecule has 2 rings (SSSR count). The molecule has 4 N–H and O–H groups in total. The first kappa shape index (κ1) is 10.1. The van der Waals surface area contributed by atoms with Crippen molar-refractivity contribution in [3.05, 3.63) is 12.4 Å². The van der Waals surface area contributed by atoms with E-state index < -0.39 is 0 Å². The predicted octanol–water partition coefficient (Wildman–Crippen LogP) is -0.277. The van der Waals surface area contributed by atoms with Gasteiger partial charge in [-0.2, -0.15) is 0 Å². The second kappa shape index (κ2) is 4.41. The standard InChI is InChI=1S/C9H15N5O/c10-13-8-4-9(12-6-11-8)14-3-1-2-7(15)5-14/h4,6-7,15H,1-3,5,10H2,(H,11,12,13). The van der Waals surface area contributed by atoms with Gasteiger partial charge in [0.05, 0.1) is 6.10 Å². The summed E-state index contributed by atoms with van der Waals surface area (Å²) in [5.74, 6) is 6.65. The molecule has 0 spiro atoms. The Bertz CT molecular complexity index is 332. The van der Waals surface area contributed by atoms with E-state index in [1.54, 1.807) is 6.07 Å². The molecule has 0 amide bonds. The van der Waals surface area contributed by atoms with Crippen molar-refractivity contribution in [3.8, 4) is 0 Å². The molecular weight excluding hydrogens is 194 g/mol. The lowest BCUT2D eigenvalue weighted by atomic mass is 10.1. The minimum atomic E-state index is -0.261. The Hall–Kier alpha value is -1.40. The normalized spacial score (nSPS) is 21.5. The van der Waals surface area contributed by atoms with Crippen LogP contribution in [0.4, 0.5) is 11.6 Å². The van der Waals surface area contributed by atoms with E-state index in [1.165, 1.54) is 6.33 Å². The van der Waals surface area contributed by atoms with Crippen LogP contribution >= 0.6 is 0 Å². The third-order valence-electron chi connectivity index (χ3n) is 2.52. The molecule has 1 aromatic heterocycles. The van der Waals surface area contributed by atoms with Gasteiger partial charge in [-0.15, -0.1) is 0 Å². The van der Waals surface area contributed by atoms with Gasteiger partial charge in [0, 0.05) is 19.2 Å². The fourth-order valence-electron chi connectivity index (χ4n) is 1.76. The van der Waals surface area contributed by atoms with E-state index in [4.69, 9.17) is 5.84 Å². The van der Waals surface area contributed by atoms with Gasteiger partial charge in [-0.1, -0.05) is 0 Å². The van der Waals surface area contributed by atoms with Crippen LogP contribution in [0.1, 0.15) is 12.8 Å². The van der Waals surface area contributed by atoms with Gasteiger partial charge in [0.1, 0.15) is 18.0 Å². The largest absolute Gasteiger partial charge is 0.391 e. The van der Waals surface area contributed by atoms with Crippen molar-refractivity contribution in [1.29, 1.82) is 0 Å². The van der Waals surface area contributed by atoms with E-state index in [0.29, 0.717) is 12.4 Å². The Labute approximate surface area is 88.1 Å². The van der Waals surface area contributed by atoms with Crippen LogP contribution in [-0.2, 0) is 0 Å². The molecular formula is C9H15N5O. The average Bonchev–Trinajstić information content (AvgIpc) is 2.29. The molecule has 1 fully saturated rings. The number of nitrogen functional groups attached to an aromatic ring is 1. The molecule has 6 heteroatoms. The Balaban J connectivity index is 2.13. The number of hydrogen-bond donors (Lipinski definition) is 3. The van der Waals surface area contributed by atoms with E-state index in [9.17, 15) is 5.11 Å². The van der Waals surface area contributed by atoms with Crippen LogP contribution in [0.2, 0.25) is 0 Å². The van der Waals surface area contributed by atoms with Crippen molar-refractivity contribution in [2.75, 3.05) is 23.4 Å². The summed E-state index contributed by atoms with van der Waals surface area (Å²) in [4.78, 5) is 10.1. The summed E-state index contributed by atoms with van der Waals surface area (Å²) in [6, 6.07) is 1.78. The molecule has 1 atom stereocenters. The number of hydrazine groups is 1. The molecule has 0 aliphatic carbocycles. The number of hydrogen-bond acceptors (Lipinski definition) is 6. The molecule has 0 aromatic carbocycles. The number of nitrogens with one attached hydrogen (secondary N) is 1. The molecule has 1 unspecified atom stereocenters. The van der Waals surface area contributed by atoms with Crippen LogP contribution in [-0.4, -0.2) is 34.3 Å². The van der Waals surface area contributed by atoms with E-state index in [2.05, 4.69) is 15.4 Å². The van der Waals surface area contributed by atoms with E-state index >= 15 is 0 Å². The summed E-state index contributed by atoms with van der Waals surface area (Å²) < 4.78 is 0. The SMILES string of the molecule is NNc1cc(N2CCCC(O)C2)ncn1. The van der Waals surface area contributed by atoms with Crippen LogP contribution in [0.25, 0.3) is 0 Å². The maximum atomic E-state index is 9.54. The quantitative estimate of drug-likeness (QED) is 0.459. The number of nitrogens with zero attached hydrogens (tertiary/aromatic N) is 3. The van der Waals surface area contributed by atoms with E-state index in [0.717, 1.165) is 25.2 Å². The lowest BCUT2D eigenvalue weighted by molar-refractivity contribution is 0.154. The van der Waals surface area contributed by atoms with Crippen LogP contribution < -0.4 is 16.2 Å². The van der Waals surface area contributed by atoms with Crippen molar-refractivity contribution in [2.24, 2.45) is 5.84 Å². The minimum Gasteiger partial charge on any atom is -0.391 e. The monoisotopic (exact) mass is 209 g/mol. The van der Waals surface area contributed by atoms with Crippen molar-refractivity contribution in [2.45, 2.75) is 18.9 Å². The van der Waals surface area contributed by atoms with Gasteiger partial charge < -0.3 is 15.4 Å². The fourth-order valence-corrected chi connectivity index (χ4v) is 1.76. The number of rotatable bonds is 2. The van der Waals surface area contributed by atoms with Gasteiger partial charge in [0.2, 0.25) is 0 Å². The highest BCUT2D eigenvalue weighted by Gasteiger charge is 2.18. The molecule has 15 heavy (non-hydrogen) atoms. The van der Waals surface area contributed by atoms with Crippen molar-refractivity contribution < 1.29 is 5.11 Å². The molecule has 0 bridgehead atoms. The Morgan fingerprint density at radius 3 is 3.13 bits per heavy atom. The number of nitrogens with two attached hydrogens (primary N) is 1. The highest BCUT2D eigenvalue weighted by Crippen LogP contribution is 2.18. The summed E-state index contributed by atoms with van der Waals surface area (Å²) >= 11 is 0.